The lowest BCUT2D eigenvalue weighted by molar-refractivity contribution is 0.101. The van der Waals surface area contributed by atoms with Crippen LogP contribution >= 0.6 is 0 Å². The molecule has 0 aliphatic heterocycles. The highest BCUT2D eigenvalue weighted by Gasteiger charge is 1.95. The normalized spacial score (nSPS) is 13.6. The van der Waals surface area contributed by atoms with E-state index in [1.807, 2.05) is 31.2 Å². The third-order valence-corrected chi connectivity index (χ3v) is 2.46. The summed E-state index contributed by atoms with van der Waals surface area (Å²) in [6.45, 7) is 3.58. The van der Waals surface area contributed by atoms with Crippen molar-refractivity contribution in [1.82, 2.24) is 0 Å². The number of aryl methyl sites for hydroxylation is 1. The number of hydrogen-bond donors (Lipinski definition) is 0. The van der Waals surface area contributed by atoms with Gasteiger partial charge in [-0.1, -0.05) is 55.5 Å². The van der Waals surface area contributed by atoms with Crippen LogP contribution in [0.5, 0.6) is 0 Å². The Kier molecular flexibility index (Phi) is 4.37. The predicted octanol–water partition coefficient (Wildman–Crippen LogP) is 3.76. The van der Waals surface area contributed by atoms with Crippen LogP contribution in [0.15, 0.2) is 24.3 Å². The average Bonchev–Trinajstić information content (AvgIpc) is 2.01. The maximum atomic E-state index is 10.8. The third-order valence-electron chi connectivity index (χ3n) is 2.46. The van der Waals surface area contributed by atoms with E-state index in [1.54, 1.807) is 6.92 Å². The molecule has 0 saturated heterocycles. The molecule has 1 aliphatic rings. The van der Waals surface area contributed by atoms with E-state index >= 15 is 0 Å². The molecule has 76 valence electrons. The lowest BCUT2D eigenvalue weighted by atomic mass is 10.0. The quantitative estimate of drug-likeness (QED) is 0.616. The van der Waals surface area contributed by atoms with Crippen LogP contribution < -0.4 is 0 Å². The number of carbonyl (C=O) groups is 1. The van der Waals surface area contributed by atoms with E-state index < -0.39 is 0 Å². The van der Waals surface area contributed by atoms with Crippen molar-refractivity contribution in [3.05, 3.63) is 35.4 Å². The summed E-state index contributed by atoms with van der Waals surface area (Å²) >= 11 is 0. The van der Waals surface area contributed by atoms with Gasteiger partial charge in [0.2, 0.25) is 0 Å². The average molecular weight is 190 g/mol. The minimum Gasteiger partial charge on any atom is -0.295 e. The molecular weight excluding hydrogens is 172 g/mol. The van der Waals surface area contributed by atoms with Gasteiger partial charge in [-0.3, -0.25) is 4.79 Å². The van der Waals surface area contributed by atoms with E-state index in [0.717, 1.165) is 5.56 Å². The number of carbonyl (C=O) groups excluding carboxylic acids is 1. The Balaban J connectivity index is 0.000000203. The van der Waals surface area contributed by atoms with Gasteiger partial charge in [-0.25, -0.2) is 0 Å². The first-order valence-corrected chi connectivity index (χ1v) is 5.28. The van der Waals surface area contributed by atoms with E-state index in [2.05, 4.69) is 0 Å². The van der Waals surface area contributed by atoms with Gasteiger partial charge in [0, 0.05) is 5.56 Å². The number of rotatable bonds is 1. The van der Waals surface area contributed by atoms with Crippen LogP contribution in [0.2, 0.25) is 0 Å². The predicted molar refractivity (Wildman–Crippen MR) is 59.7 cm³/mol. The molecule has 0 aromatic heterocycles. The summed E-state index contributed by atoms with van der Waals surface area (Å²) in [5.74, 6) is 0.125. The number of ketones is 1. The number of Topliss-reactive ketones (excluding diaryl/α,β-unsaturated/α-hetero) is 1. The van der Waals surface area contributed by atoms with Crippen molar-refractivity contribution in [1.29, 1.82) is 0 Å². The molecule has 1 nitrogen and oxygen atoms in total. The molecule has 1 fully saturated rings. The standard InChI is InChI=1S/C9H10O.C4H8/c1-7-3-5-9(6-4-7)8(2)10;1-2-4-3-1/h3-6H,1-2H3;1-4H2. The van der Waals surface area contributed by atoms with Crippen LogP contribution in [0.25, 0.3) is 0 Å². The number of hydrogen-bond acceptors (Lipinski definition) is 1. The SMILES string of the molecule is C1CCC1.CC(=O)c1ccc(C)cc1. The maximum Gasteiger partial charge on any atom is 0.159 e. The van der Waals surface area contributed by atoms with Gasteiger partial charge in [0.15, 0.2) is 5.78 Å². The molecular formula is C13H18O. The Hall–Kier alpha value is -1.11. The summed E-state index contributed by atoms with van der Waals surface area (Å²) in [6, 6.07) is 7.57. The molecule has 0 unspecified atom stereocenters. The lowest BCUT2D eigenvalue weighted by Crippen LogP contribution is -1.90. The Morgan fingerprint density at radius 3 is 1.71 bits per heavy atom. The molecule has 0 N–H and O–H groups in total. The van der Waals surface area contributed by atoms with Crippen LogP contribution in [0.3, 0.4) is 0 Å². The summed E-state index contributed by atoms with van der Waals surface area (Å²) in [5.41, 5.74) is 1.97. The fourth-order valence-corrected chi connectivity index (χ4v) is 1.04. The molecule has 1 heteroatoms. The van der Waals surface area contributed by atoms with E-state index in [9.17, 15) is 4.79 Å². The Labute approximate surface area is 86.1 Å². The topological polar surface area (TPSA) is 17.1 Å². The van der Waals surface area contributed by atoms with Gasteiger partial charge < -0.3 is 0 Å². The largest absolute Gasteiger partial charge is 0.295 e. The van der Waals surface area contributed by atoms with Gasteiger partial charge in [-0.15, -0.1) is 0 Å². The molecule has 0 spiro atoms. The summed E-state index contributed by atoms with van der Waals surface area (Å²) in [5, 5.41) is 0. The van der Waals surface area contributed by atoms with E-state index in [0.29, 0.717) is 0 Å². The van der Waals surface area contributed by atoms with Crippen LogP contribution in [0.4, 0.5) is 0 Å². The van der Waals surface area contributed by atoms with E-state index in [1.165, 1.54) is 31.2 Å². The maximum absolute atomic E-state index is 10.8. The van der Waals surface area contributed by atoms with Gasteiger partial charge in [0.1, 0.15) is 0 Å². The summed E-state index contributed by atoms with van der Waals surface area (Å²) in [6.07, 6.45) is 6.00. The molecule has 1 aromatic rings. The van der Waals surface area contributed by atoms with Crippen LogP contribution in [0, 0.1) is 6.92 Å². The first-order chi connectivity index (χ1) is 6.70. The first kappa shape index (κ1) is 11.0. The third kappa shape index (κ3) is 3.73. The molecule has 1 saturated carbocycles. The van der Waals surface area contributed by atoms with Gasteiger partial charge in [0.25, 0.3) is 0 Å². The fraction of sp³-hybridized carbons (Fsp3) is 0.462. The fourth-order valence-electron chi connectivity index (χ4n) is 1.04. The van der Waals surface area contributed by atoms with Crippen LogP contribution in [-0.4, -0.2) is 5.78 Å². The molecule has 1 aromatic carbocycles. The molecule has 0 bridgehead atoms. The van der Waals surface area contributed by atoms with Crippen molar-refractivity contribution in [2.75, 3.05) is 0 Å². The summed E-state index contributed by atoms with van der Waals surface area (Å²) in [7, 11) is 0. The van der Waals surface area contributed by atoms with Crippen molar-refractivity contribution in [3.8, 4) is 0 Å². The van der Waals surface area contributed by atoms with Gasteiger partial charge >= 0.3 is 0 Å². The highest BCUT2D eigenvalue weighted by atomic mass is 16.1. The van der Waals surface area contributed by atoms with Crippen LogP contribution in [0.1, 0.15) is 48.5 Å². The second kappa shape index (κ2) is 5.58. The van der Waals surface area contributed by atoms with Crippen molar-refractivity contribution in [2.24, 2.45) is 0 Å². The second-order valence-corrected chi connectivity index (χ2v) is 3.84. The summed E-state index contributed by atoms with van der Waals surface area (Å²) in [4.78, 5) is 10.8. The molecule has 0 amide bonds. The highest BCUT2D eigenvalue weighted by molar-refractivity contribution is 5.93. The minimum atomic E-state index is 0.125. The van der Waals surface area contributed by atoms with Crippen molar-refractivity contribution >= 4 is 5.78 Å². The van der Waals surface area contributed by atoms with Gasteiger partial charge in [-0.05, 0) is 13.8 Å². The Bertz CT molecular complexity index is 277. The van der Waals surface area contributed by atoms with E-state index in [4.69, 9.17) is 0 Å². The zero-order valence-electron chi connectivity index (χ0n) is 9.05. The molecule has 0 heterocycles. The second-order valence-electron chi connectivity index (χ2n) is 3.84. The summed E-state index contributed by atoms with van der Waals surface area (Å²) < 4.78 is 0. The lowest BCUT2D eigenvalue weighted by Gasteiger charge is -2.05. The molecule has 0 radical (unpaired) electrons. The molecule has 1 aliphatic carbocycles. The Morgan fingerprint density at radius 2 is 1.43 bits per heavy atom. The molecule has 0 atom stereocenters. The van der Waals surface area contributed by atoms with Gasteiger partial charge in [0.05, 0.1) is 0 Å². The minimum absolute atomic E-state index is 0.125. The highest BCUT2D eigenvalue weighted by Crippen LogP contribution is 2.15. The zero-order chi connectivity index (χ0) is 10.4. The monoisotopic (exact) mass is 190 g/mol. The zero-order valence-corrected chi connectivity index (χ0v) is 9.05. The van der Waals surface area contributed by atoms with Crippen molar-refractivity contribution in [2.45, 2.75) is 39.5 Å². The van der Waals surface area contributed by atoms with Crippen molar-refractivity contribution in [3.63, 3.8) is 0 Å². The Morgan fingerprint density at radius 1 is 1.00 bits per heavy atom. The van der Waals surface area contributed by atoms with Gasteiger partial charge in [-0.2, -0.15) is 0 Å². The first-order valence-electron chi connectivity index (χ1n) is 5.28. The van der Waals surface area contributed by atoms with E-state index in [-0.39, 0.29) is 5.78 Å². The number of benzene rings is 1. The van der Waals surface area contributed by atoms with Crippen LogP contribution in [-0.2, 0) is 0 Å². The smallest absolute Gasteiger partial charge is 0.159 e. The molecule has 2 rings (SSSR count). The molecule has 14 heavy (non-hydrogen) atoms. The van der Waals surface area contributed by atoms with Crippen molar-refractivity contribution < 1.29 is 4.79 Å².